The van der Waals surface area contributed by atoms with Crippen LogP contribution in [0.3, 0.4) is 0 Å². The van der Waals surface area contributed by atoms with Crippen LogP contribution >= 0.6 is 0 Å². The summed E-state index contributed by atoms with van der Waals surface area (Å²) in [4.78, 5) is 17.2. The average Bonchev–Trinajstić information content (AvgIpc) is 2.72. The molecule has 0 spiro atoms. The van der Waals surface area contributed by atoms with Crippen molar-refractivity contribution < 1.29 is 9.53 Å². The molecule has 0 fully saturated rings. The standard InChI is InChI=1S/C25H22N2O2/c1-17-6-5-7-20(15-17)29-16-25(28)27-23-9-4-3-8-21(23)24-13-11-19-14-18(2)10-12-22(19)26-24/h3-15H,16H2,1-2H3,(H,27,28). The third-order valence-electron chi connectivity index (χ3n) is 4.68. The third-order valence-corrected chi connectivity index (χ3v) is 4.68. The normalized spacial score (nSPS) is 10.7. The second-order valence-corrected chi connectivity index (χ2v) is 7.09. The highest BCUT2D eigenvalue weighted by atomic mass is 16.5. The lowest BCUT2D eigenvalue weighted by Gasteiger charge is -2.12. The van der Waals surface area contributed by atoms with Gasteiger partial charge in [-0.05, 0) is 55.8 Å². The molecule has 4 aromatic rings. The fraction of sp³-hybridized carbons (Fsp3) is 0.120. The molecule has 4 nitrogen and oxygen atoms in total. The van der Waals surface area contributed by atoms with Crippen LogP contribution in [0.15, 0.2) is 78.9 Å². The number of carbonyl (C=O) groups is 1. The molecule has 0 aliphatic rings. The number of nitrogens with zero attached hydrogens (tertiary/aromatic N) is 1. The van der Waals surface area contributed by atoms with Crippen LogP contribution < -0.4 is 10.1 Å². The van der Waals surface area contributed by atoms with E-state index in [9.17, 15) is 4.79 Å². The van der Waals surface area contributed by atoms with Crippen molar-refractivity contribution >= 4 is 22.5 Å². The topological polar surface area (TPSA) is 51.2 Å². The second-order valence-electron chi connectivity index (χ2n) is 7.09. The summed E-state index contributed by atoms with van der Waals surface area (Å²) in [5.74, 6) is 0.468. The number of aryl methyl sites for hydroxylation is 2. The van der Waals surface area contributed by atoms with Crippen LogP contribution in [0.4, 0.5) is 5.69 Å². The lowest BCUT2D eigenvalue weighted by Crippen LogP contribution is -2.20. The van der Waals surface area contributed by atoms with Crippen molar-refractivity contribution in [3.8, 4) is 17.0 Å². The molecule has 0 saturated carbocycles. The summed E-state index contributed by atoms with van der Waals surface area (Å²) in [6.07, 6.45) is 0. The maximum Gasteiger partial charge on any atom is 0.262 e. The lowest BCUT2D eigenvalue weighted by atomic mass is 10.1. The Balaban J connectivity index is 1.53. The minimum absolute atomic E-state index is 0.0534. The number of pyridine rings is 1. The highest BCUT2D eigenvalue weighted by Crippen LogP contribution is 2.28. The summed E-state index contributed by atoms with van der Waals surface area (Å²) < 4.78 is 5.61. The van der Waals surface area contributed by atoms with Crippen molar-refractivity contribution in [1.82, 2.24) is 4.98 Å². The van der Waals surface area contributed by atoms with Crippen LogP contribution in [0.25, 0.3) is 22.2 Å². The number of para-hydroxylation sites is 1. The Morgan fingerprint density at radius 1 is 0.897 bits per heavy atom. The number of aromatic nitrogens is 1. The number of fused-ring (bicyclic) bond motifs is 1. The Bertz CT molecular complexity index is 1180. The highest BCUT2D eigenvalue weighted by Gasteiger charge is 2.11. The van der Waals surface area contributed by atoms with Gasteiger partial charge >= 0.3 is 0 Å². The molecule has 0 aliphatic carbocycles. The molecule has 1 N–H and O–H groups in total. The molecule has 0 radical (unpaired) electrons. The minimum Gasteiger partial charge on any atom is -0.484 e. The van der Waals surface area contributed by atoms with Gasteiger partial charge in [0.15, 0.2) is 6.61 Å². The predicted molar refractivity (Wildman–Crippen MR) is 117 cm³/mol. The number of nitrogens with one attached hydrogen (secondary N) is 1. The van der Waals surface area contributed by atoms with Gasteiger partial charge in [-0.2, -0.15) is 0 Å². The van der Waals surface area contributed by atoms with Crippen LogP contribution in [-0.2, 0) is 4.79 Å². The van der Waals surface area contributed by atoms with Gasteiger partial charge < -0.3 is 10.1 Å². The van der Waals surface area contributed by atoms with Crippen molar-refractivity contribution in [2.24, 2.45) is 0 Å². The average molecular weight is 382 g/mol. The van der Waals surface area contributed by atoms with Gasteiger partial charge in [-0.1, -0.05) is 48.0 Å². The van der Waals surface area contributed by atoms with Crippen molar-refractivity contribution in [3.05, 3.63) is 90.0 Å². The van der Waals surface area contributed by atoms with Gasteiger partial charge in [0.05, 0.1) is 16.9 Å². The van der Waals surface area contributed by atoms with Gasteiger partial charge in [-0.25, -0.2) is 4.98 Å². The Kier molecular flexibility index (Phi) is 5.25. The Morgan fingerprint density at radius 2 is 1.72 bits per heavy atom. The summed E-state index contributed by atoms with van der Waals surface area (Å²) in [6, 6.07) is 25.5. The molecule has 0 saturated heterocycles. The van der Waals surface area contributed by atoms with Gasteiger partial charge in [-0.3, -0.25) is 4.79 Å². The zero-order valence-electron chi connectivity index (χ0n) is 16.5. The summed E-state index contributed by atoms with van der Waals surface area (Å²) >= 11 is 0. The van der Waals surface area contributed by atoms with E-state index < -0.39 is 0 Å². The van der Waals surface area contributed by atoms with E-state index in [1.807, 2.05) is 67.6 Å². The number of rotatable bonds is 5. The Labute approximate surface area is 170 Å². The molecule has 1 heterocycles. The van der Waals surface area contributed by atoms with Crippen molar-refractivity contribution in [1.29, 1.82) is 0 Å². The van der Waals surface area contributed by atoms with Crippen molar-refractivity contribution in [2.45, 2.75) is 13.8 Å². The van der Waals surface area contributed by atoms with E-state index in [2.05, 4.69) is 30.4 Å². The van der Waals surface area contributed by atoms with Crippen LogP contribution in [0, 0.1) is 13.8 Å². The maximum atomic E-state index is 12.4. The van der Waals surface area contributed by atoms with E-state index >= 15 is 0 Å². The van der Waals surface area contributed by atoms with E-state index in [0.717, 1.165) is 27.7 Å². The SMILES string of the molecule is Cc1cccc(OCC(=O)Nc2ccccc2-c2ccc3cc(C)ccc3n2)c1. The van der Waals surface area contributed by atoms with Gasteiger partial charge in [-0.15, -0.1) is 0 Å². The first-order valence-electron chi connectivity index (χ1n) is 9.55. The van der Waals surface area contributed by atoms with E-state index in [4.69, 9.17) is 9.72 Å². The van der Waals surface area contributed by atoms with Gasteiger partial charge in [0.25, 0.3) is 5.91 Å². The van der Waals surface area contributed by atoms with Crippen LogP contribution in [0.5, 0.6) is 5.75 Å². The number of benzene rings is 3. The molecule has 4 rings (SSSR count). The largest absolute Gasteiger partial charge is 0.484 e. The van der Waals surface area contributed by atoms with Crippen LogP contribution in [0.1, 0.15) is 11.1 Å². The number of carbonyl (C=O) groups excluding carboxylic acids is 1. The number of ether oxygens (including phenoxy) is 1. The van der Waals surface area contributed by atoms with E-state index in [1.54, 1.807) is 0 Å². The lowest BCUT2D eigenvalue weighted by molar-refractivity contribution is -0.118. The fourth-order valence-electron chi connectivity index (χ4n) is 3.25. The van der Waals surface area contributed by atoms with Crippen LogP contribution in [-0.4, -0.2) is 17.5 Å². The molecule has 0 unspecified atom stereocenters. The number of hydrogen-bond donors (Lipinski definition) is 1. The second kappa shape index (κ2) is 8.15. The highest BCUT2D eigenvalue weighted by molar-refractivity contribution is 5.96. The molecule has 144 valence electrons. The number of anilines is 1. The molecule has 3 aromatic carbocycles. The molecular formula is C25H22N2O2. The van der Waals surface area contributed by atoms with E-state index in [1.165, 1.54) is 5.56 Å². The molecule has 1 amide bonds. The van der Waals surface area contributed by atoms with Gasteiger partial charge in [0, 0.05) is 10.9 Å². The summed E-state index contributed by atoms with van der Waals surface area (Å²) in [7, 11) is 0. The first-order chi connectivity index (χ1) is 14.1. The summed E-state index contributed by atoms with van der Waals surface area (Å²) in [5, 5.41) is 4.05. The number of hydrogen-bond acceptors (Lipinski definition) is 3. The molecule has 0 atom stereocenters. The van der Waals surface area contributed by atoms with Crippen LogP contribution in [0.2, 0.25) is 0 Å². The third kappa shape index (κ3) is 4.43. The molecule has 0 bridgehead atoms. The van der Waals surface area contributed by atoms with Crippen molar-refractivity contribution in [3.63, 3.8) is 0 Å². The first-order valence-corrected chi connectivity index (χ1v) is 9.55. The zero-order chi connectivity index (χ0) is 20.2. The minimum atomic E-state index is -0.213. The zero-order valence-corrected chi connectivity index (χ0v) is 16.5. The molecule has 1 aromatic heterocycles. The van der Waals surface area contributed by atoms with Crippen molar-refractivity contribution in [2.75, 3.05) is 11.9 Å². The smallest absolute Gasteiger partial charge is 0.262 e. The Morgan fingerprint density at radius 3 is 2.59 bits per heavy atom. The summed E-state index contributed by atoms with van der Waals surface area (Å²) in [5.41, 5.74) is 5.62. The maximum absolute atomic E-state index is 12.4. The monoisotopic (exact) mass is 382 g/mol. The molecule has 4 heteroatoms. The Hall–Kier alpha value is -3.66. The molecule has 29 heavy (non-hydrogen) atoms. The van der Waals surface area contributed by atoms with Gasteiger partial charge in [0.2, 0.25) is 0 Å². The molecule has 0 aliphatic heterocycles. The fourth-order valence-corrected chi connectivity index (χ4v) is 3.25. The molecular weight excluding hydrogens is 360 g/mol. The van der Waals surface area contributed by atoms with E-state index in [0.29, 0.717) is 11.4 Å². The number of amides is 1. The first kappa shape index (κ1) is 18.7. The quantitative estimate of drug-likeness (QED) is 0.493. The predicted octanol–water partition coefficient (Wildman–Crippen LogP) is 5.54. The van der Waals surface area contributed by atoms with Gasteiger partial charge in [0.1, 0.15) is 5.75 Å². The summed E-state index contributed by atoms with van der Waals surface area (Å²) in [6.45, 7) is 4.00. The van der Waals surface area contributed by atoms with E-state index in [-0.39, 0.29) is 12.5 Å².